The molecule has 0 spiro atoms. The van der Waals surface area contributed by atoms with E-state index in [1.807, 2.05) is 44.2 Å². The van der Waals surface area contributed by atoms with E-state index in [-0.39, 0.29) is 11.4 Å². The molecule has 4 rings (SSSR count). The van der Waals surface area contributed by atoms with Crippen molar-refractivity contribution in [2.75, 3.05) is 13.7 Å². The van der Waals surface area contributed by atoms with Gasteiger partial charge in [-0.3, -0.25) is 0 Å². The normalized spacial score (nSPS) is 20.0. The Morgan fingerprint density at radius 3 is 2.92 bits per heavy atom. The first-order chi connectivity index (χ1) is 11.7. The molecule has 24 heavy (non-hydrogen) atoms. The molecule has 2 aromatic heterocycles. The van der Waals surface area contributed by atoms with Crippen LogP contribution in [0, 0.1) is 13.8 Å². The molecule has 1 aromatic carbocycles. The van der Waals surface area contributed by atoms with E-state index in [2.05, 4.69) is 15.1 Å². The SMILES string of the molecule is CO[C@H]1c2ccccc2OC[C@H]1Sc1nc2nc(C)cc(C)n2n1. The van der Waals surface area contributed by atoms with Gasteiger partial charge in [-0.1, -0.05) is 30.0 Å². The molecule has 6 nitrogen and oxygen atoms in total. The number of nitrogens with zero attached hydrogens (tertiary/aromatic N) is 4. The number of ether oxygens (including phenoxy) is 2. The van der Waals surface area contributed by atoms with Crippen molar-refractivity contribution in [2.24, 2.45) is 0 Å². The minimum atomic E-state index is -0.0534. The van der Waals surface area contributed by atoms with Crippen LogP contribution in [0.4, 0.5) is 0 Å². The Bertz CT molecular complexity index is 895. The second-order valence-corrected chi connectivity index (χ2v) is 7.01. The summed E-state index contributed by atoms with van der Waals surface area (Å²) in [6.45, 7) is 4.52. The molecule has 0 N–H and O–H groups in total. The quantitative estimate of drug-likeness (QED) is 0.729. The molecule has 1 aliphatic rings. The largest absolute Gasteiger partial charge is 0.492 e. The zero-order chi connectivity index (χ0) is 16.7. The van der Waals surface area contributed by atoms with Crippen molar-refractivity contribution in [3.63, 3.8) is 0 Å². The molecule has 0 unspecified atom stereocenters. The molecule has 2 atom stereocenters. The van der Waals surface area contributed by atoms with Gasteiger partial charge in [-0.2, -0.15) is 4.98 Å². The minimum Gasteiger partial charge on any atom is -0.492 e. The highest BCUT2D eigenvalue weighted by Gasteiger charge is 2.32. The first kappa shape index (κ1) is 15.4. The van der Waals surface area contributed by atoms with E-state index < -0.39 is 0 Å². The molecule has 0 bridgehead atoms. The molecule has 7 heteroatoms. The number of hydrogen-bond donors (Lipinski definition) is 0. The molecule has 0 aliphatic carbocycles. The summed E-state index contributed by atoms with van der Waals surface area (Å²) in [5.74, 6) is 1.51. The minimum absolute atomic E-state index is 0.0534. The van der Waals surface area contributed by atoms with Crippen LogP contribution < -0.4 is 4.74 Å². The van der Waals surface area contributed by atoms with Crippen LogP contribution in [0.5, 0.6) is 5.75 Å². The maximum Gasteiger partial charge on any atom is 0.253 e. The highest BCUT2D eigenvalue weighted by Crippen LogP contribution is 2.40. The molecular weight excluding hydrogens is 324 g/mol. The Balaban J connectivity index is 1.65. The predicted molar refractivity (Wildman–Crippen MR) is 91.6 cm³/mol. The lowest BCUT2D eigenvalue weighted by atomic mass is 10.0. The summed E-state index contributed by atoms with van der Waals surface area (Å²) in [5, 5.41) is 5.34. The van der Waals surface area contributed by atoms with E-state index in [1.165, 1.54) is 0 Å². The molecule has 3 aromatic rings. The fraction of sp³-hybridized carbons (Fsp3) is 0.353. The van der Waals surface area contributed by atoms with Gasteiger partial charge in [0.25, 0.3) is 5.78 Å². The molecule has 124 valence electrons. The molecule has 3 heterocycles. The number of methoxy groups -OCH3 is 1. The Kier molecular flexibility index (Phi) is 3.90. The van der Waals surface area contributed by atoms with E-state index >= 15 is 0 Å². The fourth-order valence-electron chi connectivity index (χ4n) is 3.01. The van der Waals surface area contributed by atoms with Crippen molar-refractivity contribution in [1.82, 2.24) is 19.6 Å². The number of benzene rings is 1. The molecule has 0 saturated carbocycles. The van der Waals surface area contributed by atoms with Gasteiger partial charge in [0.05, 0.1) is 5.25 Å². The van der Waals surface area contributed by atoms with Crippen LogP contribution in [-0.4, -0.2) is 38.5 Å². The summed E-state index contributed by atoms with van der Waals surface area (Å²) < 4.78 is 13.4. The Hall–Kier alpha value is -2.12. The monoisotopic (exact) mass is 342 g/mol. The Labute approximate surface area is 144 Å². The summed E-state index contributed by atoms with van der Waals surface area (Å²) in [5.41, 5.74) is 3.02. The van der Waals surface area contributed by atoms with E-state index in [1.54, 1.807) is 23.4 Å². The number of fused-ring (bicyclic) bond motifs is 2. The molecule has 1 aliphatic heterocycles. The van der Waals surface area contributed by atoms with Crippen molar-refractivity contribution in [2.45, 2.75) is 30.4 Å². The molecule has 0 radical (unpaired) electrons. The number of rotatable bonds is 3. The standard InChI is InChI=1S/C17H18N4O2S/c1-10-8-11(2)21-16(18-10)19-17(20-21)24-14-9-23-13-7-5-4-6-12(13)15(14)22-3/h4-8,14-15H,9H2,1-3H3/t14-,15+/m1/s1. The average molecular weight is 342 g/mol. The van der Waals surface area contributed by atoms with Crippen molar-refractivity contribution in [3.05, 3.63) is 47.3 Å². The van der Waals surface area contributed by atoms with Gasteiger partial charge in [0, 0.05) is 24.1 Å². The summed E-state index contributed by atoms with van der Waals surface area (Å²) in [7, 11) is 1.73. The lowest BCUT2D eigenvalue weighted by molar-refractivity contribution is 0.0696. The molecule has 0 saturated heterocycles. The van der Waals surface area contributed by atoms with Gasteiger partial charge in [-0.05, 0) is 26.0 Å². The van der Waals surface area contributed by atoms with Gasteiger partial charge in [-0.25, -0.2) is 9.50 Å². The third kappa shape index (κ3) is 2.63. The average Bonchev–Trinajstić information content (AvgIpc) is 2.97. The molecule has 0 fully saturated rings. The van der Waals surface area contributed by atoms with Gasteiger partial charge >= 0.3 is 0 Å². The molecular formula is C17H18N4O2S. The van der Waals surface area contributed by atoms with Crippen LogP contribution in [0.25, 0.3) is 5.78 Å². The highest BCUT2D eigenvalue weighted by atomic mass is 32.2. The second-order valence-electron chi connectivity index (χ2n) is 5.81. The zero-order valence-corrected chi connectivity index (χ0v) is 14.6. The van der Waals surface area contributed by atoms with E-state index in [0.29, 0.717) is 17.5 Å². The first-order valence-electron chi connectivity index (χ1n) is 7.78. The van der Waals surface area contributed by atoms with Crippen LogP contribution in [0.15, 0.2) is 35.5 Å². The highest BCUT2D eigenvalue weighted by molar-refractivity contribution is 7.99. The summed E-state index contributed by atoms with van der Waals surface area (Å²) in [4.78, 5) is 8.98. The fourth-order valence-corrected chi connectivity index (χ4v) is 4.07. The number of hydrogen-bond acceptors (Lipinski definition) is 6. The third-order valence-corrected chi connectivity index (χ3v) is 5.15. The van der Waals surface area contributed by atoms with E-state index in [9.17, 15) is 0 Å². The predicted octanol–water partition coefficient (Wildman–Crippen LogP) is 2.98. The first-order valence-corrected chi connectivity index (χ1v) is 8.66. The molecule has 0 amide bonds. The lowest BCUT2D eigenvalue weighted by Crippen LogP contribution is -2.29. The maximum absolute atomic E-state index is 5.88. The van der Waals surface area contributed by atoms with Gasteiger partial charge in [-0.15, -0.1) is 5.10 Å². The van der Waals surface area contributed by atoms with E-state index in [4.69, 9.17) is 9.47 Å². The van der Waals surface area contributed by atoms with Gasteiger partial charge in [0.1, 0.15) is 18.5 Å². The van der Waals surface area contributed by atoms with Crippen LogP contribution >= 0.6 is 11.8 Å². The topological polar surface area (TPSA) is 61.5 Å². The van der Waals surface area contributed by atoms with Crippen molar-refractivity contribution >= 4 is 17.5 Å². The summed E-state index contributed by atoms with van der Waals surface area (Å²) in [6, 6.07) is 9.98. The Morgan fingerprint density at radius 2 is 2.08 bits per heavy atom. The lowest BCUT2D eigenvalue weighted by Gasteiger charge is -2.31. The van der Waals surface area contributed by atoms with Gasteiger partial charge in [0.2, 0.25) is 5.16 Å². The third-order valence-electron chi connectivity index (χ3n) is 4.08. The van der Waals surface area contributed by atoms with Crippen molar-refractivity contribution in [1.29, 1.82) is 0 Å². The second kappa shape index (κ2) is 6.07. The van der Waals surface area contributed by atoms with Gasteiger partial charge < -0.3 is 9.47 Å². The maximum atomic E-state index is 5.88. The van der Waals surface area contributed by atoms with Crippen LogP contribution in [0.1, 0.15) is 23.1 Å². The number of aryl methyl sites for hydroxylation is 2. The van der Waals surface area contributed by atoms with Crippen LogP contribution in [0.3, 0.4) is 0 Å². The van der Waals surface area contributed by atoms with Gasteiger partial charge in [0.15, 0.2) is 0 Å². The number of thioether (sulfide) groups is 1. The van der Waals surface area contributed by atoms with E-state index in [0.717, 1.165) is 22.7 Å². The summed E-state index contributed by atoms with van der Waals surface area (Å²) in [6.07, 6.45) is -0.0534. The zero-order valence-electron chi connectivity index (χ0n) is 13.8. The van der Waals surface area contributed by atoms with Crippen LogP contribution in [-0.2, 0) is 4.74 Å². The summed E-state index contributed by atoms with van der Waals surface area (Å²) >= 11 is 1.57. The Morgan fingerprint density at radius 1 is 1.25 bits per heavy atom. The van der Waals surface area contributed by atoms with Crippen molar-refractivity contribution in [3.8, 4) is 5.75 Å². The number of aromatic nitrogens is 4. The number of para-hydroxylation sites is 1. The van der Waals surface area contributed by atoms with Crippen LogP contribution in [0.2, 0.25) is 0 Å². The smallest absolute Gasteiger partial charge is 0.253 e. The van der Waals surface area contributed by atoms with Crippen molar-refractivity contribution < 1.29 is 9.47 Å².